The highest BCUT2D eigenvalue weighted by molar-refractivity contribution is 7.93. The molecule has 2 aromatic carbocycles. The Labute approximate surface area is 217 Å². The largest absolute Gasteiger partial charge is 0.452 e. The smallest absolute Gasteiger partial charge is 0.338 e. The van der Waals surface area contributed by atoms with Crippen molar-refractivity contribution in [3.05, 3.63) is 94.2 Å². The average Bonchev–Trinajstić information content (AvgIpc) is 2.83. The predicted molar refractivity (Wildman–Crippen MR) is 136 cm³/mol. The van der Waals surface area contributed by atoms with Crippen LogP contribution in [0.15, 0.2) is 78.3 Å². The van der Waals surface area contributed by atoms with Crippen LogP contribution in [0.2, 0.25) is 15.2 Å². The van der Waals surface area contributed by atoms with Gasteiger partial charge in [0.05, 0.1) is 28.5 Å². The molecule has 182 valence electrons. The lowest BCUT2D eigenvalue weighted by Gasteiger charge is -2.24. The maximum atomic E-state index is 13.4. The molecule has 0 spiro atoms. The lowest BCUT2D eigenvalue weighted by molar-refractivity contribution is -0.119. The van der Waals surface area contributed by atoms with E-state index in [0.717, 1.165) is 10.4 Å². The summed E-state index contributed by atoms with van der Waals surface area (Å²) in [7, 11) is -4.21. The van der Waals surface area contributed by atoms with Gasteiger partial charge in [-0.3, -0.25) is 9.10 Å². The van der Waals surface area contributed by atoms with Gasteiger partial charge in [-0.15, -0.1) is 6.58 Å². The zero-order valence-corrected chi connectivity index (χ0v) is 21.0. The Kier molecular flexibility index (Phi) is 8.74. The van der Waals surface area contributed by atoms with Crippen molar-refractivity contribution in [3.8, 4) is 0 Å². The van der Waals surface area contributed by atoms with Crippen molar-refractivity contribution in [2.75, 3.05) is 22.8 Å². The summed E-state index contributed by atoms with van der Waals surface area (Å²) < 4.78 is 32.9. The first kappa shape index (κ1) is 26.5. The molecule has 8 nitrogen and oxygen atoms in total. The van der Waals surface area contributed by atoms with Crippen molar-refractivity contribution in [1.29, 1.82) is 0 Å². The van der Waals surface area contributed by atoms with Crippen LogP contribution < -0.4 is 9.62 Å². The number of nitrogens with one attached hydrogen (secondary N) is 1. The molecule has 0 saturated heterocycles. The number of pyridine rings is 1. The molecule has 1 heterocycles. The molecular weight excluding hydrogens is 537 g/mol. The van der Waals surface area contributed by atoms with Crippen LogP contribution in [0.25, 0.3) is 0 Å². The number of hydrogen-bond donors (Lipinski definition) is 1. The molecule has 1 amide bonds. The lowest BCUT2D eigenvalue weighted by atomic mass is 10.2. The molecule has 3 aromatic rings. The van der Waals surface area contributed by atoms with Crippen LogP contribution in [0, 0.1) is 0 Å². The van der Waals surface area contributed by atoms with Gasteiger partial charge < -0.3 is 10.1 Å². The predicted octanol–water partition coefficient (Wildman–Crippen LogP) is 5.22. The number of esters is 1. The Morgan fingerprint density at radius 1 is 1.09 bits per heavy atom. The minimum Gasteiger partial charge on any atom is -0.452 e. The van der Waals surface area contributed by atoms with E-state index in [-0.39, 0.29) is 32.9 Å². The van der Waals surface area contributed by atoms with Crippen LogP contribution in [-0.4, -0.2) is 38.4 Å². The quantitative estimate of drug-likeness (QED) is 0.221. The molecule has 1 aromatic heterocycles. The maximum absolute atomic E-state index is 13.4. The van der Waals surface area contributed by atoms with Gasteiger partial charge >= 0.3 is 5.97 Å². The van der Waals surface area contributed by atoms with Gasteiger partial charge in [0, 0.05) is 11.2 Å². The Hall–Kier alpha value is -3.11. The van der Waals surface area contributed by atoms with Crippen molar-refractivity contribution in [2.24, 2.45) is 0 Å². The molecule has 0 saturated carbocycles. The highest BCUT2D eigenvalue weighted by Gasteiger charge is 2.28. The monoisotopic (exact) mass is 553 g/mol. The van der Waals surface area contributed by atoms with E-state index < -0.39 is 28.5 Å². The number of nitrogens with zero attached hydrogens (tertiary/aromatic N) is 2. The second kappa shape index (κ2) is 11.5. The van der Waals surface area contributed by atoms with Crippen LogP contribution in [0.4, 0.5) is 11.4 Å². The first-order valence-corrected chi connectivity index (χ1v) is 12.5. The summed E-state index contributed by atoms with van der Waals surface area (Å²) in [6.07, 6.45) is 2.86. The minimum absolute atomic E-state index is 0.0634. The minimum atomic E-state index is -4.21. The number of amides is 1. The van der Waals surface area contributed by atoms with Gasteiger partial charge in [-0.2, -0.15) is 0 Å². The van der Waals surface area contributed by atoms with E-state index >= 15 is 0 Å². The highest BCUT2D eigenvalue weighted by Crippen LogP contribution is 2.30. The zero-order chi connectivity index (χ0) is 25.6. The number of carbonyl (C=O) groups is 2. The molecule has 0 unspecified atom stereocenters. The molecule has 0 aliphatic carbocycles. The molecule has 0 fully saturated rings. The summed E-state index contributed by atoms with van der Waals surface area (Å²) in [5.41, 5.74) is 0.457. The van der Waals surface area contributed by atoms with Gasteiger partial charge in [0.25, 0.3) is 15.9 Å². The van der Waals surface area contributed by atoms with Crippen molar-refractivity contribution in [2.45, 2.75) is 4.90 Å². The van der Waals surface area contributed by atoms with Crippen molar-refractivity contribution >= 4 is 68.1 Å². The second-order valence-electron chi connectivity index (χ2n) is 6.91. The number of rotatable bonds is 9. The van der Waals surface area contributed by atoms with E-state index in [1.54, 1.807) is 18.2 Å². The Bertz CT molecular complexity index is 1370. The first-order valence-electron chi connectivity index (χ1n) is 9.89. The molecular formula is C23H18Cl3N3O5S. The third-order valence-corrected chi connectivity index (χ3v) is 7.34. The number of carbonyl (C=O) groups excluding carboxylic acids is 2. The van der Waals surface area contributed by atoms with Gasteiger partial charge in [-0.25, -0.2) is 18.2 Å². The molecule has 12 heteroatoms. The fourth-order valence-electron chi connectivity index (χ4n) is 2.89. The van der Waals surface area contributed by atoms with E-state index in [0.29, 0.717) is 10.7 Å². The van der Waals surface area contributed by atoms with Gasteiger partial charge in [0.15, 0.2) is 11.8 Å². The number of aromatic nitrogens is 1. The van der Waals surface area contributed by atoms with E-state index in [2.05, 4.69) is 16.9 Å². The summed E-state index contributed by atoms with van der Waals surface area (Å²) in [6, 6.07) is 12.9. The first-order chi connectivity index (χ1) is 16.6. The van der Waals surface area contributed by atoms with E-state index in [9.17, 15) is 18.0 Å². The number of anilines is 2. The van der Waals surface area contributed by atoms with Crippen molar-refractivity contribution < 1.29 is 22.7 Å². The van der Waals surface area contributed by atoms with Gasteiger partial charge in [0.2, 0.25) is 0 Å². The normalized spacial score (nSPS) is 10.9. The SMILES string of the molecule is C=CCN(c1ccc(Cl)cc1)S(=O)(=O)c1cc(C(=O)OCC(=O)Nc2cccnc2Cl)ccc1Cl. The summed E-state index contributed by atoms with van der Waals surface area (Å²) in [5, 5.41) is 2.86. The number of ether oxygens (including phenoxy) is 1. The lowest BCUT2D eigenvalue weighted by Crippen LogP contribution is -2.31. The molecule has 0 aliphatic heterocycles. The van der Waals surface area contributed by atoms with Gasteiger partial charge in [0.1, 0.15) is 4.90 Å². The van der Waals surface area contributed by atoms with Crippen LogP contribution in [0.5, 0.6) is 0 Å². The summed E-state index contributed by atoms with van der Waals surface area (Å²) in [6.45, 7) is 2.91. The Balaban J connectivity index is 1.80. The third kappa shape index (κ3) is 6.52. The van der Waals surface area contributed by atoms with Gasteiger partial charge in [-0.05, 0) is 54.6 Å². The fourth-order valence-corrected chi connectivity index (χ4v) is 5.12. The fraction of sp³-hybridized carbons (Fsp3) is 0.0870. The highest BCUT2D eigenvalue weighted by atomic mass is 35.5. The van der Waals surface area contributed by atoms with E-state index in [1.165, 1.54) is 42.6 Å². The molecule has 0 radical (unpaired) electrons. The van der Waals surface area contributed by atoms with Crippen LogP contribution in [0.3, 0.4) is 0 Å². The number of sulfonamides is 1. The van der Waals surface area contributed by atoms with Crippen LogP contribution >= 0.6 is 34.8 Å². The van der Waals surface area contributed by atoms with Crippen LogP contribution in [0.1, 0.15) is 10.4 Å². The van der Waals surface area contributed by atoms with E-state index in [4.69, 9.17) is 39.5 Å². The maximum Gasteiger partial charge on any atom is 0.338 e. The average molecular weight is 555 g/mol. The summed E-state index contributed by atoms with van der Waals surface area (Å²) in [5.74, 6) is -1.58. The molecule has 0 aliphatic rings. The number of halogens is 3. The molecule has 1 N–H and O–H groups in total. The second-order valence-corrected chi connectivity index (χ2v) is 9.94. The zero-order valence-electron chi connectivity index (χ0n) is 17.9. The Morgan fingerprint density at radius 2 is 1.80 bits per heavy atom. The van der Waals surface area contributed by atoms with Crippen molar-refractivity contribution in [1.82, 2.24) is 4.98 Å². The summed E-state index contributed by atoms with van der Waals surface area (Å²) in [4.78, 5) is 28.1. The Morgan fingerprint density at radius 3 is 2.46 bits per heavy atom. The number of hydrogen-bond acceptors (Lipinski definition) is 6. The van der Waals surface area contributed by atoms with E-state index in [1.807, 2.05) is 0 Å². The van der Waals surface area contributed by atoms with Crippen molar-refractivity contribution in [3.63, 3.8) is 0 Å². The molecule has 35 heavy (non-hydrogen) atoms. The summed E-state index contributed by atoms with van der Waals surface area (Å²) >= 11 is 18.0. The molecule has 0 atom stereocenters. The van der Waals surface area contributed by atoms with Gasteiger partial charge in [-0.1, -0.05) is 40.9 Å². The topological polar surface area (TPSA) is 106 Å². The molecule has 0 bridgehead atoms. The molecule has 3 rings (SSSR count). The van der Waals surface area contributed by atoms with Crippen LogP contribution in [-0.2, 0) is 19.6 Å². The third-order valence-electron chi connectivity index (χ3n) is 4.51. The standard InChI is InChI=1S/C23H18Cl3N3O5S/c1-2-12-29(17-8-6-16(24)7-9-17)35(32,33)20-13-15(5-10-18(20)25)23(31)34-14-21(30)28-19-4-3-11-27-22(19)26/h2-11,13H,1,12,14H2,(H,28,30). The number of benzene rings is 2.